The molecule has 120 valence electrons. The Morgan fingerprint density at radius 3 is 2.33 bits per heavy atom. The van der Waals surface area contributed by atoms with Crippen molar-refractivity contribution in [1.82, 2.24) is 14.8 Å². The highest BCUT2D eigenvalue weighted by molar-refractivity contribution is 7.89. The van der Waals surface area contributed by atoms with Gasteiger partial charge in [-0.1, -0.05) is 52.4 Å². The summed E-state index contributed by atoms with van der Waals surface area (Å²) < 4.78 is 25.0. The van der Waals surface area contributed by atoms with E-state index in [-0.39, 0.29) is 5.16 Å². The molecule has 0 atom stereocenters. The molecule has 1 aliphatic carbocycles. The Morgan fingerprint density at radius 1 is 1.19 bits per heavy atom. The van der Waals surface area contributed by atoms with Gasteiger partial charge < -0.3 is 4.57 Å². The molecule has 1 aromatic heterocycles. The third-order valence-electron chi connectivity index (χ3n) is 4.04. The van der Waals surface area contributed by atoms with Crippen molar-refractivity contribution in [2.45, 2.75) is 70.5 Å². The van der Waals surface area contributed by atoms with E-state index in [2.05, 4.69) is 10.2 Å². The van der Waals surface area contributed by atoms with Crippen LogP contribution in [0.5, 0.6) is 0 Å². The van der Waals surface area contributed by atoms with E-state index in [0.717, 1.165) is 12.2 Å². The molecule has 0 radical (unpaired) electrons. The lowest BCUT2D eigenvalue weighted by molar-refractivity contribution is 0.416. The summed E-state index contributed by atoms with van der Waals surface area (Å²) in [5, 5.41) is 13.1. The second-order valence-corrected chi connectivity index (χ2v) is 7.97. The van der Waals surface area contributed by atoms with Gasteiger partial charge in [0.05, 0.1) is 0 Å². The van der Waals surface area contributed by atoms with Crippen molar-refractivity contribution >= 4 is 10.0 Å². The van der Waals surface area contributed by atoms with E-state index >= 15 is 0 Å². The quantitative estimate of drug-likeness (QED) is 0.842. The lowest BCUT2D eigenvalue weighted by Crippen LogP contribution is -2.21. The summed E-state index contributed by atoms with van der Waals surface area (Å²) in [6.07, 6.45) is 8.30. The molecule has 0 saturated heterocycles. The molecule has 7 heteroatoms. The second kappa shape index (κ2) is 6.87. The molecule has 1 heterocycles. The van der Waals surface area contributed by atoms with Crippen LogP contribution in [0.15, 0.2) is 5.16 Å². The van der Waals surface area contributed by atoms with E-state index in [1.54, 1.807) is 4.57 Å². The largest absolute Gasteiger partial charge is 0.300 e. The SMILES string of the molecule is CC(C)Cn1c(CC2CCCCCC2)nnc1S(N)(=O)=O. The summed E-state index contributed by atoms with van der Waals surface area (Å²) in [4.78, 5) is 0. The molecule has 1 saturated carbocycles. The number of hydrogen-bond donors (Lipinski definition) is 1. The first-order chi connectivity index (χ1) is 9.88. The molecule has 21 heavy (non-hydrogen) atoms. The van der Waals surface area contributed by atoms with Crippen molar-refractivity contribution < 1.29 is 8.42 Å². The lowest BCUT2D eigenvalue weighted by atomic mass is 9.96. The van der Waals surface area contributed by atoms with E-state index in [4.69, 9.17) is 5.14 Å². The van der Waals surface area contributed by atoms with Gasteiger partial charge in [-0.25, -0.2) is 13.6 Å². The maximum absolute atomic E-state index is 11.7. The van der Waals surface area contributed by atoms with Crippen molar-refractivity contribution in [2.75, 3.05) is 0 Å². The van der Waals surface area contributed by atoms with Crippen LogP contribution in [-0.2, 0) is 23.0 Å². The molecule has 0 aliphatic heterocycles. The van der Waals surface area contributed by atoms with Crippen LogP contribution in [-0.4, -0.2) is 23.2 Å². The van der Waals surface area contributed by atoms with Crippen LogP contribution in [0.3, 0.4) is 0 Å². The van der Waals surface area contributed by atoms with Crippen LogP contribution in [0.25, 0.3) is 0 Å². The zero-order valence-electron chi connectivity index (χ0n) is 13.0. The molecule has 6 nitrogen and oxygen atoms in total. The van der Waals surface area contributed by atoms with Gasteiger partial charge in [-0.05, 0) is 11.8 Å². The molecule has 2 rings (SSSR count). The minimum absolute atomic E-state index is 0.0974. The maximum atomic E-state index is 11.7. The van der Waals surface area contributed by atoms with Crippen molar-refractivity contribution in [3.63, 3.8) is 0 Å². The third kappa shape index (κ3) is 4.51. The van der Waals surface area contributed by atoms with Gasteiger partial charge in [-0.15, -0.1) is 10.2 Å². The van der Waals surface area contributed by atoms with E-state index < -0.39 is 10.0 Å². The highest BCUT2D eigenvalue weighted by Crippen LogP contribution is 2.26. The van der Waals surface area contributed by atoms with Crippen molar-refractivity contribution in [2.24, 2.45) is 17.0 Å². The predicted octanol–water partition coefficient (Wildman–Crippen LogP) is 2.09. The van der Waals surface area contributed by atoms with Gasteiger partial charge in [0.25, 0.3) is 15.2 Å². The maximum Gasteiger partial charge on any atom is 0.273 e. The summed E-state index contributed by atoms with van der Waals surface area (Å²) >= 11 is 0. The number of primary sulfonamides is 1. The van der Waals surface area contributed by atoms with Crippen LogP contribution >= 0.6 is 0 Å². The monoisotopic (exact) mass is 314 g/mol. The molecule has 2 N–H and O–H groups in total. The fourth-order valence-electron chi connectivity index (χ4n) is 3.06. The topological polar surface area (TPSA) is 90.9 Å². The van der Waals surface area contributed by atoms with Crippen molar-refractivity contribution in [3.8, 4) is 0 Å². The number of nitrogens with zero attached hydrogens (tertiary/aromatic N) is 3. The van der Waals surface area contributed by atoms with Gasteiger partial charge in [-0.2, -0.15) is 0 Å². The van der Waals surface area contributed by atoms with Gasteiger partial charge in [0, 0.05) is 13.0 Å². The first-order valence-electron chi connectivity index (χ1n) is 7.83. The highest BCUT2D eigenvalue weighted by Gasteiger charge is 2.24. The predicted molar refractivity (Wildman–Crippen MR) is 81.1 cm³/mol. The van der Waals surface area contributed by atoms with Gasteiger partial charge in [0.1, 0.15) is 5.82 Å². The molecule has 0 unspecified atom stereocenters. The van der Waals surface area contributed by atoms with Gasteiger partial charge >= 0.3 is 0 Å². The minimum Gasteiger partial charge on any atom is -0.300 e. The molecule has 0 aromatic carbocycles. The Labute approximate surface area is 127 Å². The zero-order chi connectivity index (χ0) is 15.5. The Bertz CT molecular complexity index is 558. The normalized spacial score (nSPS) is 18.1. The summed E-state index contributed by atoms with van der Waals surface area (Å²) in [6.45, 7) is 4.67. The Kier molecular flexibility index (Phi) is 5.37. The first kappa shape index (κ1) is 16.4. The highest BCUT2D eigenvalue weighted by atomic mass is 32.2. The third-order valence-corrected chi connectivity index (χ3v) is 4.85. The van der Waals surface area contributed by atoms with Gasteiger partial charge in [0.15, 0.2) is 0 Å². The molecule has 0 bridgehead atoms. The van der Waals surface area contributed by atoms with Crippen LogP contribution in [0.2, 0.25) is 0 Å². The first-order valence-corrected chi connectivity index (χ1v) is 9.37. The van der Waals surface area contributed by atoms with E-state index in [9.17, 15) is 8.42 Å². The Morgan fingerprint density at radius 2 is 1.81 bits per heavy atom. The van der Waals surface area contributed by atoms with Gasteiger partial charge in [0.2, 0.25) is 0 Å². The number of aromatic nitrogens is 3. The van der Waals surface area contributed by atoms with E-state index in [0.29, 0.717) is 18.4 Å². The number of nitrogens with two attached hydrogens (primary N) is 1. The van der Waals surface area contributed by atoms with Crippen LogP contribution in [0.4, 0.5) is 0 Å². The van der Waals surface area contributed by atoms with Crippen molar-refractivity contribution in [1.29, 1.82) is 0 Å². The second-order valence-electron chi connectivity index (χ2n) is 6.51. The standard InChI is InChI=1S/C14H26N4O2S/c1-11(2)10-18-13(16-17-14(18)21(15,19)20)9-12-7-5-3-4-6-8-12/h11-12H,3-10H2,1-2H3,(H2,15,19,20). The Hall–Kier alpha value is -0.950. The molecule has 1 aromatic rings. The molecule has 0 amide bonds. The average Bonchev–Trinajstić information content (AvgIpc) is 2.59. The van der Waals surface area contributed by atoms with Gasteiger partial charge in [-0.3, -0.25) is 0 Å². The molecule has 1 aliphatic rings. The van der Waals surface area contributed by atoms with Crippen LogP contribution in [0.1, 0.15) is 58.2 Å². The lowest BCUT2D eigenvalue weighted by Gasteiger charge is -2.16. The Balaban J connectivity index is 2.23. The van der Waals surface area contributed by atoms with E-state index in [1.165, 1.54) is 38.5 Å². The van der Waals surface area contributed by atoms with E-state index in [1.807, 2.05) is 13.8 Å². The zero-order valence-corrected chi connectivity index (χ0v) is 13.8. The van der Waals surface area contributed by atoms with Crippen molar-refractivity contribution in [3.05, 3.63) is 5.82 Å². The summed E-state index contributed by atoms with van der Waals surface area (Å²) in [6, 6.07) is 0. The van der Waals surface area contributed by atoms with Crippen LogP contribution < -0.4 is 5.14 Å². The minimum atomic E-state index is -3.82. The number of rotatable bonds is 5. The molecule has 1 fully saturated rings. The average molecular weight is 314 g/mol. The fraction of sp³-hybridized carbons (Fsp3) is 0.857. The number of sulfonamides is 1. The summed E-state index contributed by atoms with van der Waals surface area (Å²) in [7, 11) is -3.82. The molecule has 0 spiro atoms. The fourth-order valence-corrected chi connectivity index (χ4v) is 3.70. The summed E-state index contributed by atoms with van der Waals surface area (Å²) in [5.41, 5.74) is 0. The molecular weight excluding hydrogens is 288 g/mol. The smallest absolute Gasteiger partial charge is 0.273 e. The molecular formula is C14H26N4O2S. The van der Waals surface area contributed by atoms with Crippen LogP contribution in [0, 0.1) is 11.8 Å². The summed E-state index contributed by atoms with van der Waals surface area (Å²) in [5.74, 6) is 1.66. The number of hydrogen-bond acceptors (Lipinski definition) is 4.